The minimum atomic E-state index is -1.77. The molecule has 0 spiro atoms. The molecule has 0 atom stereocenters. The number of rotatable bonds is 4. The molecule has 0 fully saturated rings. The number of hydrogen-bond donors (Lipinski definition) is 2. The van der Waals surface area contributed by atoms with Crippen molar-refractivity contribution in [3.8, 4) is 0 Å². The summed E-state index contributed by atoms with van der Waals surface area (Å²) in [6, 6.07) is 1.16. The van der Waals surface area contributed by atoms with E-state index < -0.39 is 17.7 Å². The molecule has 3 nitrogen and oxygen atoms in total. The molecule has 0 aromatic rings. The van der Waals surface area contributed by atoms with E-state index in [0.717, 1.165) is 6.04 Å². The van der Waals surface area contributed by atoms with Gasteiger partial charge in [-0.2, -0.15) is 0 Å². The third-order valence-electron chi connectivity index (χ3n) is 1.31. The van der Waals surface area contributed by atoms with Crippen LogP contribution in [0, 0.1) is 0 Å². The fraction of sp³-hybridized carbons (Fsp3) is 1.00. The maximum absolute atomic E-state index is 5.51. The van der Waals surface area contributed by atoms with Gasteiger partial charge in [0.2, 0.25) is 0 Å². The molecule has 0 aliphatic rings. The first-order valence-electron chi connectivity index (χ1n) is 3.67. The van der Waals surface area contributed by atoms with Crippen molar-refractivity contribution in [1.82, 2.24) is 0 Å². The molecule has 0 amide bonds. The maximum atomic E-state index is 5.51. The van der Waals surface area contributed by atoms with Gasteiger partial charge >= 0.3 is 9.36 Å². The topological polar surface area (TPSA) is 61.3 Å². The van der Waals surface area contributed by atoms with Crippen LogP contribution in [0.3, 0.4) is 0 Å². The second-order valence-corrected chi connectivity index (χ2v) is 8.98. The fourth-order valence-corrected chi connectivity index (χ4v) is 5.65. The van der Waals surface area contributed by atoms with Crippen molar-refractivity contribution in [1.29, 1.82) is 0 Å². The van der Waals surface area contributed by atoms with Crippen molar-refractivity contribution < 1.29 is 4.12 Å². The zero-order valence-electron chi connectivity index (χ0n) is 7.05. The van der Waals surface area contributed by atoms with Crippen LogP contribution >= 0.6 is 0 Å². The Morgan fingerprint density at radius 3 is 2.20 bits per heavy atom. The Bertz CT molecular complexity index is 97.6. The van der Waals surface area contributed by atoms with Crippen LogP contribution < -0.4 is 10.8 Å². The number of nitrogens with two attached hydrogens (primary N) is 2. The van der Waals surface area contributed by atoms with Crippen molar-refractivity contribution in [3.05, 3.63) is 0 Å². The Labute approximate surface area is 65.8 Å². The second kappa shape index (κ2) is 4.25. The highest BCUT2D eigenvalue weighted by Crippen LogP contribution is 2.12. The molecule has 10 heavy (non-hydrogen) atoms. The largest absolute Gasteiger partial charge is 0.436 e. The smallest absolute Gasteiger partial charge is 0.319 e. The molecular formula is C5H18N2OSi2. The van der Waals surface area contributed by atoms with Gasteiger partial charge in [-0.15, -0.1) is 0 Å². The second-order valence-electron chi connectivity index (χ2n) is 3.09. The van der Waals surface area contributed by atoms with Crippen molar-refractivity contribution in [2.24, 2.45) is 10.8 Å². The van der Waals surface area contributed by atoms with Crippen LogP contribution in [0.4, 0.5) is 0 Å². The summed E-state index contributed by atoms with van der Waals surface area (Å²) in [6.07, 6.45) is 1.17. The molecule has 0 unspecified atom stereocenters. The van der Waals surface area contributed by atoms with Crippen molar-refractivity contribution in [2.75, 3.05) is 0 Å². The highest BCUT2D eigenvalue weighted by molar-refractivity contribution is 6.77. The van der Waals surface area contributed by atoms with Crippen LogP contribution in [0.25, 0.3) is 0 Å². The Balaban J connectivity index is 3.63. The van der Waals surface area contributed by atoms with E-state index in [0.29, 0.717) is 0 Å². The molecular weight excluding hydrogens is 160 g/mol. The summed E-state index contributed by atoms with van der Waals surface area (Å²) in [7, 11) is -3.22. The molecule has 0 radical (unpaired) electrons. The lowest BCUT2D eigenvalue weighted by atomic mass is 10.6. The fourth-order valence-electron chi connectivity index (χ4n) is 1.03. The molecule has 62 valence electrons. The van der Waals surface area contributed by atoms with Crippen LogP contribution in [0.15, 0.2) is 0 Å². The summed E-state index contributed by atoms with van der Waals surface area (Å²) in [6.45, 7) is 6.48. The van der Waals surface area contributed by atoms with Crippen molar-refractivity contribution >= 4 is 17.7 Å². The molecule has 0 bridgehead atoms. The first-order chi connectivity index (χ1) is 4.48. The van der Waals surface area contributed by atoms with Crippen LogP contribution in [-0.4, -0.2) is 17.7 Å². The highest BCUT2D eigenvalue weighted by Gasteiger charge is 2.22. The van der Waals surface area contributed by atoms with E-state index in [4.69, 9.17) is 14.9 Å². The van der Waals surface area contributed by atoms with E-state index in [1.165, 1.54) is 6.42 Å². The summed E-state index contributed by atoms with van der Waals surface area (Å²) in [5.41, 5.74) is 0. The molecule has 0 aliphatic heterocycles. The molecule has 5 heteroatoms. The SMILES string of the molecule is CCC[Si](C)(C)O[SiH](N)N. The zero-order valence-corrected chi connectivity index (χ0v) is 9.21. The minimum absolute atomic E-state index is 1.16. The van der Waals surface area contributed by atoms with Gasteiger partial charge < -0.3 is 14.9 Å². The first-order valence-corrected chi connectivity index (χ1v) is 8.59. The summed E-state index contributed by atoms with van der Waals surface area (Å²) >= 11 is 0. The standard InChI is InChI=1S/C5H18N2OSi2/c1-4-5-10(2,3)8-9(6)7/h9H,4-7H2,1-3H3. The van der Waals surface area contributed by atoms with Crippen LogP contribution in [-0.2, 0) is 4.12 Å². The Hall–Kier alpha value is 0.314. The molecule has 0 rings (SSSR count). The third-order valence-corrected chi connectivity index (χ3v) is 6.65. The normalized spacial score (nSPS) is 12.6. The first kappa shape index (κ1) is 10.3. The summed E-state index contributed by atoms with van der Waals surface area (Å²) < 4.78 is 5.51. The predicted octanol–water partition coefficient (Wildman–Crippen LogP) is 0.253. The predicted molar refractivity (Wildman–Crippen MR) is 49.2 cm³/mol. The average Bonchev–Trinajstić information content (AvgIpc) is 1.59. The van der Waals surface area contributed by atoms with Gasteiger partial charge in [0, 0.05) is 0 Å². The third kappa shape index (κ3) is 5.13. The Morgan fingerprint density at radius 1 is 1.40 bits per heavy atom. The Morgan fingerprint density at radius 2 is 1.90 bits per heavy atom. The molecule has 0 saturated heterocycles. The van der Waals surface area contributed by atoms with Gasteiger partial charge in [0.1, 0.15) is 0 Å². The molecule has 0 saturated carbocycles. The minimum Gasteiger partial charge on any atom is -0.436 e. The van der Waals surface area contributed by atoms with Crippen molar-refractivity contribution in [2.45, 2.75) is 32.5 Å². The van der Waals surface area contributed by atoms with E-state index in [9.17, 15) is 0 Å². The van der Waals surface area contributed by atoms with E-state index in [2.05, 4.69) is 20.0 Å². The summed E-state index contributed by atoms with van der Waals surface area (Å²) in [5.74, 6) is 0. The lowest BCUT2D eigenvalue weighted by Gasteiger charge is -2.23. The molecule has 4 N–H and O–H groups in total. The maximum Gasteiger partial charge on any atom is 0.319 e. The van der Waals surface area contributed by atoms with E-state index in [-0.39, 0.29) is 0 Å². The quantitative estimate of drug-likeness (QED) is 0.607. The van der Waals surface area contributed by atoms with Crippen LogP contribution in [0.1, 0.15) is 13.3 Å². The molecule has 0 aromatic heterocycles. The summed E-state index contributed by atoms with van der Waals surface area (Å²) in [5, 5.41) is 10.9. The average molecular weight is 178 g/mol. The molecule has 0 aromatic carbocycles. The van der Waals surface area contributed by atoms with Crippen LogP contribution in [0.2, 0.25) is 19.1 Å². The van der Waals surface area contributed by atoms with Gasteiger partial charge in [0.15, 0.2) is 8.32 Å². The molecule has 0 heterocycles. The van der Waals surface area contributed by atoms with E-state index in [1.807, 2.05) is 0 Å². The van der Waals surface area contributed by atoms with E-state index >= 15 is 0 Å². The molecule has 0 aliphatic carbocycles. The van der Waals surface area contributed by atoms with Crippen LogP contribution in [0.5, 0.6) is 0 Å². The van der Waals surface area contributed by atoms with E-state index in [1.54, 1.807) is 0 Å². The van der Waals surface area contributed by atoms with Gasteiger partial charge in [-0.3, -0.25) is 0 Å². The van der Waals surface area contributed by atoms with Gasteiger partial charge in [-0.25, -0.2) is 0 Å². The van der Waals surface area contributed by atoms with Crippen molar-refractivity contribution in [3.63, 3.8) is 0 Å². The van der Waals surface area contributed by atoms with Gasteiger partial charge in [-0.05, 0) is 19.1 Å². The monoisotopic (exact) mass is 178 g/mol. The highest BCUT2D eigenvalue weighted by atomic mass is 28.4. The number of hydrogen-bond acceptors (Lipinski definition) is 3. The lowest BCUT2D eigenvalue weighted by molar-refractivity contribution is 0.557. The summed E-state index contributed by atoms with van der Waals surface area (Å²) in [4.78, 5) is 0. The zero-order chi connectivity index (χ0) is 8.20. The lowest BCUT2D eigenvalue weighted by Crippen LogP contribution is -2.49. The van der Waals surface area contributed by atoms with Gasteiger partial charge in [0.25, 0.3) is 0 Å². The Kier molecular flexibility index (Phi) is 4.38. The van der Waals surface area contributed by atoms with Gasteiger partial charge in [0.05, 0.1) is 0 Å². The van der Waals surface area contributed by atoms with Gasteiger partial charge in [-0.1, -0.05) is 13.3 Å².